The van der Waals surface area contributed by atoms with Crippen molar-refractivity contribution in [3.8, 4) is 5.75 Å². The zero-order chi connectivity index (χ0) is 24.3. The lowest BCUT2D eigenvalue weighted by Gasteiger charge is -2.12. The van der Waals surface area contributed by atoms with Gasteiger partial charge in [0.05, 0.1) is 18.2 Å². The van der Waals surface area contributed by atoms with E-state index < -0.39 is 10.0 Å². The molecule has 1 aromatic heterocycles. The van der Waals surface area contributed by atoms with Gasteiger partial charge in [-0.05, 0) is 61.4 Å². The summed E-state index contributed by atoms with van der Waals surface area (Å²) < 4.78 is 33.5. The molecule has 0 bridgehead atoms. The average Bonchev–Trinajstić information content (AvgIpc) is 3.28. The van der Waals surface area contributed by atoms with Gasteiger partial charge >= 0.3 is 0 Å². The quantitative estimate of drug-likeness (QED) is 0.313. The monoisotopic (exact) mass is 493 g/mol. The molecule has 0 unspecified atom stereocenters. The maximum atomic E-state index is 12.9. The van der Waals surface area contributed by atoms with Gasteiger partial charge in [0.15, 0.2) is 5.13 Å². The number of anilines is 3. The summed E-state index contributed by atoms with van der Waals surface area (Å²) in [5.74, 6) is 0.205. The minimum absolute atomic E-state index is 0.0695. The van der Waals surface area contributed by atoms with Crippen molar-refractivity contribution in [3.63, 3.8) is 0 Å². The molecule has 7 nitrogen and oxygen atoms in total. The fraction of sp³-hybridized carbons (Fsp3) is 0.120. The first kappa shape index (κ1) is 23.5. The van der Waals surface area contributed by atoms with Crippen molar-refractivity contribution in [2.24, 2.45) is 0 Å². The number of hydrogen-bond acceptors (Lipinski definition) is 7. The number of aromatic nitrogens is 1. The van der Waals surface area contributed by atoms with Crippen LogP contribution >= 0.6 is 11.3 Å². The summed E-state index contributed by atoms with van der Waals surface area (Å²) >= 11 is 1.26. The molecule has 2 N–H and O–H groups in total. The van der Waals surface area contributed by atoms with E-state index in [1.807, 2.05) is 32.0 Å². The third-order valence-corrected chi connectivity index (χ3v) is 7.43. The lowest BCUT2D eigenvalue weighted by atomic mass is 10.0. The second kappa shape index (κ2) is 9.66. The molecule has 0 fully saturated rings. The van der Waals surface area contributed by atoms with E-state index >= 15 is 0 Å². The summed E-state index contributed by atoms with van der Waals surface area (Å²) in [4.78, 5) is 17.7. The lowest BCUT2D eigenvalue weighted by molar-refractivity contribution is 0.104. The predicted molar refractivity (Wildman–Crippen MR) is 135 cm³/mol. The molecule has 0 aliphatic rings. The summed E-state index contributed by atoms with van der Waals surface area (Å²) in [5.41, 5.74) is 3.49. The van der Waals surface area contributed by atoms with E-state index in [4.69, 9.17) is 4.74 Å². The van der Waals surface area contributed by atoms with Crippen LogP contribution in [0.5, 0.6) is 5.75 Å². The van der Waals surface area contributed by atoms with E-state index in [0.29, 0.717) is 26.9 Å². The Morgan fingerprint density at radius 1 is 0.971 bits per heavy atom. The Morgan fingerprint density at radius 3 is 2.38 bits per heavy atom. The summed E-state index contributed by atoms with van der Waals surface area (Å²) in [6.45, 7) is 3.72. The van der Waals surface area contributed by atoms with Crippen molar-refractivity contribution >= 4 is 43.6 Å². The van der Waals surface area contributed by atoms with E-state index in [-0.39, 0.29) is 16.4 Å². The van der Waals surface area contributed by atoms with Crippen molar-refractivity contribution in [1.82, 2.24) is 4.98 Å². The molecule has 0 aliphatic carbocycles. The van der Waals surface area contributed by atoms with Gasteiger partial charge in [-0.1, -0.05) is 41.7 Å². The third-order valence-electron chi connectivity index (χ3n) is 5.12. The Bertz CT molecular complexity index is 1450. The Kier molecular flexibility index (Phi) is 6.67. The highest BCUT2D eigenvalue weighted by atomic mass is 32.2. The molecule has 34 heavy (non-hydrogen) atoms. The molecule has 0 radical (unpaired) electrons. The molecule has 0 saturated heterocycles. The van der Waals surface area contributed by atoms with E-state index in [1.54, 1.807) is 54.7 Å². The van der Waals surface area contributed by atoms with Gasteiger partial charge in [0.1, 0.15) is 10.6 Å². The Morgan fingerprint density at radius 2 is 1.68 bits per heavy atom. The molecule has 4 aromatic rings. The third kappa shape index (κ3) is 5.11. The highest BCUT2D eigenvalue weighted by Gasteiger charge is 2.20. The molecule has 0 atom stereocenters. The molecule has 3 aromatic carbocycles. The molecular formula is C25H23N3O4S2. The van der Waals surface area contributed by atoms with Crippen LogP contribution in [0.1, 0.15) is 26.4 Å². The molecule has 0 spiro atoms. The Labute approximate surface area is 202 Å². The SMILES string of the molecule is COc1ccc(C)cc1S(=O)(=O)Nc1ccc(Nc2ncc(C(=O)c3ccccc3C)s2)cc1. The Hall–Kier alpha value is -3.69. The molecule has 4 rings (SSSR count). The maximum absolute atomic E-state index is 12.9. The van der Waals surface area contributed by atoms with Crippen molar-refractivity contribution in [2.45, 2.75) is 18.7 Å². The number of ether oxygens (including phenoxy) is 1. The first-order valence-corrected chi connectivity index (χ1v) is 12.7. The van der Waals surface area contributed by atoms with Gasteiger partial charge in [-0.25, -0.2) is 13.4 Å². The number of hydrogen-bond donors (Lipinski definition) is 2. The molecular weight excluding hydrogens is 470 g/mol. The van der Waals surface area contributed by atoms with Crippen LogP contribution in [-0.2, 0) is 10.0 Å². The van der Waals surface area contributed by atoms with Crippen molar-refractivity contribution in [3.05, 3.63) is 94.5 Å². The number of carbonyl (C=O) groups excluding carboxylic acids is 1. The molecule has 0 aliphatic heterocycles. The fourth-order valence-electron chi connectivity index (χ4n) is 3.35. The number of thiazole rings is 1. The molecule has 174 valence electrons. The maximum Gasteiger partial charge on any atom is 0.265 e. The van der Waals surface area contributed by atoms with Gasteiger partial charge < -0.3 is 10.1 Å². The number of nitrogens with one attached hydrogen (secondary N) is 2. The smallest absolute Gasteiger partial charge is 0.265 e. The normalized spacial score (nSPS) is 11.1. The summed E-state index contributed by atoms with van der Waals surface area (Å²) in [6.07, 6.45) is 1.56. The minimum Gasteiger partial charge on any atom is -0.495 e. The zero-order valence-electron chi connectivity index (χ0n) is 18.8. The van der Waals surface area contributed by atoms with Gasteiger partial charge in [-0.3, -0.25) is 9.52 Å². The van der Waals surface area contributed by atoms with E-state index in [1.165, 1.54) is 18.4 Å². The second-order valence-corrected chi connectivity index (χ2v) is 10.3. The number of carbonyl (C=O) groups is 1. The van der Waals surface area contributed by atoms with Crippen LogP contribution in [0.4, 0.5) is 16.5 Å². The predicted octanol–water partition coefficient (Wildman–Crippen LogP) is 5.54. The number of nitrogens with zero attached hydrogens (tertiary/aromatic N) is 1. The van der Waals surface area contributed by atoms with Crippen LogP contribution in [0.25, 0.3) is 0 Å². The molecule has 0 amide bonds. The van der Waals surface area contributed by atoms with Crippen LogP contribution in [-0.4, -0.2) is 26.3 Å². The van der Waals surface area contributed by atoms with E-state index in [2.05, 4.69) is 15.0 Å². The topological polar surface area (TPSA) is 97.4 Å². The molecule has 0 saturated carbocycles. The fourth-order valence-corrected chi connectivity index (χ4v) is 5.45. The summed E-state index contributed by atoms with van der Waals surface area (Å²) in [7, 11) is -2.40. The largest absolute Gasteiger partial charge is 0.495 e. The highest BCUT2D eigenvalue weighted by Crippen LogP contribution is 2.29. The number of methoxy groups -OCH3 is 1. The highest BCUT2D eigenvalue weighted by molar-refractivity contribution is 7.92. The van der Waals surface area contributed by atoms with Gasteiger partial charge in [0.25, 0.3) is 10.0 Å². The van der Waals surface area contributed by atoms with E-state index in [0.717, 1.165) is 11.1 Å². The average molecular weight is 494 g/mol. The van der Waals surface area contributed by atoms with Crippen LogP contribution < -0.4 is 14.8 Å². The Balaban J connectivity index is 1.46. The van der Waals surface area contributed by atoms with Crippen molar-refractivity contribution < 1.29 is 17.9 Å². The van der Waals surface area contributed by atoms with Crippen LogP contribution in [0, 0.1) is 13.8 Å². The van der Waals surface area contributed by atoms with Gasteiger partial charge in [0.2, 0.25) is 5.78 Å². The van der Waals surface area contributed by atoms with Gasteiger partial charge in [0, 0.05) is 16.9 Å². The number of ketones is 1. The number of benzene rings is 3. The number of rotatable bonds is 8. The second-order valence-electron chi connectivity index (χ2n) is 7.64. The van der Waals surface area contributed by atoms with Crippen LogP contribution in [0.2, 0.25) is 0 Å². The van der Waals surface area contributed by atoms with Gasteiger partial charge in [-0.2, -0.15) is 0 Å². The summed E-state index contributed by atoms with van der Waals surface area (Å²) in [6, 6.07) is 19.2. The number of sulfonamides is 1. The van der Waals surface area contributed by atoms with Crippen LogP contribution in [0.3, 0.4) is 0 Å². The molecule has 9 heteroatoms. The van der Waals surface area contributed by atoms with Crippen molar-refractivity contribution in [2.75, 3.05) is 17.1 Å². The van der Waals surface area contributed by atoms with Gasteiger partial charge in [-0.15, -0.1) is 0 Å². The standard InChI is InChI=1S/C25H23N3O4S2/c1-16-8-13-21(32-3)23(14-16)34(30,31)28-19-11-9-18(10-12-19)27-25-26-15-22(33-25)24(29)20-7-5-4-6-17(20)2/h4-15,28H,1-3H3,(H,26,27). The number of aryl methyl sites for hydroxylation is 2. The lowest BCUT2D eigenvalue weighted by Crippen LogP contribution is -2.14. The summed E-state index contributed by atoms with van der Waals surface area (Å²) in [5, 5.41) is 3.72. The first-order chi connectivity index (χ1) is 16.3. The minimum atomic E-state index is -3.83. The zero-order valence-corrected chi connectivity index (χ0v) is 20.5. The molecule has 1 heterocycles. The first-order valence-electron chi connectivity index (χ1n) is 10.4. The van der Waals surface area contributed by atoms with Crippen molar-refractivity contribution in [1.29, 1.82) is 0 Å². The van der Waals surface area contributed by atoms with E-state index in [9.17, 15) is 13.2 Å². The van der Waals surface area contributed by atoms with Crippen LogP contribution in [0.15, 0.2) is 77.8 Å².